The normalized spacial score (nSPS) is 11.6. The van der Waals surface area contributed by atoms with Crippen LogP contribution in [0.2, 0.25) is 0 Å². The van der Waals surface area contributed by atoms with Crippen molar-refractivity contribution >= 4 is 29.3 Å². The summed E-state index contributed by atoms with van der Waals surface area (Å²) in [7, 11) is 0. The summed E-state index contributed by atoms with van der Waals surface area (Å²) < 4.78 is 0. The number of nitrogens with one attached hydrogen (secondary N) is 2. The van der Waals surface area contributed by atoms with E-state index in [4.69, 9.17) is 0 Å². The molecule has 6 nitrogen and oxygen atoms in total. The first-order valence-corrected chi connectivity index (χ1v) is 8.52. The van der Waals surface area contributed by atoms with Gasteiger partial charge < -0.3 is 10.6 Å². The molecular weight excluding hydrogens is 324 g/mol. The highest BCUT2D eigenvalue weighted by Crippen LogP contribution is 2.25. The highest BCUT2D eigenvalue weighted by molar-refractivity contribution is 7.99. The van der Waals surface area contributed by atoms with Crippen LogP contribution in [0.4, 0.5) is 5.69 Å². The molecule has 0 radical (unpaired) electrons. The predicted molar refractivity (Wildman–Crippen MR) is 93.7 cm³/mol. The van der Waals surface area contributed by atoms with E-state index in [-0.39, 0.29) is 24.3 Å². The number of rotatable bonds is 7. The van der Waals surface area contributed by atoms with Gasteiger partial charge in [0, 0.05) is 24.0 Å². The lowest BCUT2D eigenvalue weighted by Crippen LogP contribution is -2.35. The first-order valence-electron chi connectivity index (χ1n) is 7.71. The standard InChI is InChI=1S/C17H20N4O2S/c1-3-12(2)17(23)20-11-14(22)21-13-7-9-19-16(10-13)24-15-6-4-5-8-18-15/h4-10,12H,3,11H2,1-2H3,(H,20,23)(H,19,21,22)/t12-/m1/s1. The number of anilines is 1. The summed E-state index contributed by atoms with van der Waals surface area (Å²) in [6.45, 7) is 3.72. The zero-order chi connectivity index (χ0) is 17.4. The third-order valence-electron chi connectivity index (χ3n) is 3.35. The topological polar surface area (TPSA) is 84.0 Å². The first kappa shape index (κ1) is 17.9. The van der Waals surface area contributed by atoms with Gasteiger partial charge in [-0.05, 0) is 30.7 Å². The average molecular weight is 344 g/mol. The molecule has 0 saturated heterocycles. The van der Waals surface area contributed by atoms with Gasteiger partial charge in [-0.2, -0.15) is 0 Å². The van der Waals surface area contributed by atoms with E-state index in [1.54, 1.807) is 24.5 Å². The molecule has 0 saturated carbocycles. The molecule has 7 heteroatoms. The van der Waals surface area contributed by atoms with E-state index in [0.29, 0.717) is 5.69 Å². The van der Waals surface area contributed by atoms with Crippen LogP contribution in [-0.4, -0.2) is 28.3 Å². The molecule has 2 aromatic heterocycles. The average Bonchev–Trinajstić information content (AvgIpc) is 2.60. The largest absolute Gasteiger partial charge is 0.347 e. The lowest BCUT2D eigenvalue weighted by molar-refractivity contribution is -0.126. The minimum Gasteiger partial charge on any atom is -0.347 e. The maximum absolute atomic E-state index is 11.9. The Bertz CT molecular complexity index is 694. The summed E-state index contributed by atoms with van der Waals surface area (Å²) in [4.78, 5) is 32.1. The second kappa shape index (κ2) is 9.02. The summed E-state index contributed by atoms with van der Waals surface area (Å²) in [5.74, 6) is -0.486. The van der Waals surface area contributed by atoms with Crippen molar-refractivity contribution in [1.82, 2.24) is 15.3 Å². The van der Waals surface area contributed by atoms with Crippen LogP contribution in [0.5, 0.6) is 0 Å². The Morgan fingerprint density at radius 2 is 1.96 bits per heavy atom. The van der Waals surface area contributed by atoms with Crippen molar-refractivity contribution in [3.05, 3.63) is 42.7 Å². The summed E-state index contributed by atoms with van der Waals surface area (Å²) >= 11 is 1.41. The summed E-state index contributed by atoms with van der Waals surface area (Å²) in [5, 5.41) is 6.94. The zero-order valence-electron chi connectivity index (χ0n) is 13.7. The molecule has 0 aromatic carbocycles. The van der Waals surface area contributed by atoms with Crippen molar-refractivity contribution in [1.29, 1.82) is 0 Å². The number of hydrogen-bond donors (Lipinski definition) is 2. The van der Waals surface area contributed by atoms with Crippen molar-refractivity contribution in [3.8, 4) is 0 Å². The molecule has 2 heterocycles. The van der Waals surface area contributed by atoms with Gasteiger partial charge in [-0.15, -0.1) is 0 Å². The molecule has 0 unspecified atom stereocenters. The van der Waals surface area contributed by atoms with Gasteiger partial charge in [0.05, 0.1) is 6.54 Å². The van der Waals surface area contributed by atoms with Crippen LogP contribution in [-0.2, 0) is 9.59 Å². The molecule has 1 atom stereocenters. The van der Waals surface area contributed by atoms with Crippen LogP contribution in [0.3, 0.4) is 0 Å². The lowest BCUT2D eigenvalue weighted by atomic mass is 10.1. The quantitative estimate of drug-likeness (QED) is 0.807. The first-order chi connectivity index (χ1) is 11.6. The summed E-state index contributed by atoms with van der Waals surface area (Å²) in [6, 6.07) is 9.12. The Hall–Kier alpha value is -2.41. The van der Waals surface area contributed by atoms with E-state index in [1.807, 2.05) is 32.0 Å². The highest BCUT2D eigenvalue weighted by Gasteiger charge is 2.12. The molecule has 2 N–H and O–H groups in total. The molecule has 2 aromatic rings. The molecule has 0 fully saturated rings. The van der Waals surface area contributed by atoms with Gasteiger partial charge in [0.15, 0.2) is 0 Å². The molecule has 0 aliphatic heterocycles. The number of nitrogens with zero attached hydrogens (tertiary/aromatic N) is 2. The van der Waals surface area contributed by atoms with Crippen LogP contribution in [0, 0.1) is 5.92 Å². The molecular formula is C17H20N4O2S. The van der Waals surface area contributed by atoms with E-state index < -0.39 is 0 Å². The Balaban J connectivity index is 1.89. The number of carbonyl (C=O) groups is 2. The van der Waals surface area contributed by atoms with Crippen molar-refractivity contribution in [3.63, 3.8) is 0 Å². The number of aromatic nitrogens is 2. The third kappa shape index (κ3) is 5.66. The van der Waals surface area contributed by atoms with Gasteiger partial charge in [-0.25, -0.2) is 9.97 Å². The number of hydrogen-bond acceptors (Lipinski definition) is 5. The smallest absolute Gasteiger partial charge is 0.243 e. The van der Waals surface area contributed by atoms with Gasteiger partial charge in [-0.3, -0.25) is 9.59 Å². The maximum atomic E-state index is 11.9. The second-order valence-electron chi connectivity index (χ2n) is 5.23. The number of pyridine rings is 2. The van der Waals surface area contributed by atoms with Crippen molar-refractivity contribution in [2.75, 3.05) is 11.9 Å². The minimum atomic E-state index is -0.272. The van der Waals surface area contributed by atoms with Crippen LogP contribution < -0.4 is 10.6 Å². The summed E-state index contributed by atoms with van der Waals surface area (Å²) in [6.07, 6.45) is 4.08. The van der Waals surface area contributed by atoms with E-state index in [9.17, 15) is 9.59 Å². The van der Waals surface area contributed by atoms with Gasteiger partial charge >= 0.3 is 0 Å². The summed E-state index contributed by atoms with van der Waals surface area (Å²) in [5.41, 5.74) is 0.631. The fraction of sp³-hybridized carbons (Fsp3) is 0.294. The predicted octanol–water partition coefficient (Wildman–Crippen LogP) is 2.73. The Labute approximate surface area is 145 Å². The molecule has 126 valence electrons. The Morgan fingerprint density at radius 3 is 2.67 bits per heavy atom. The van der Waals surface area contributed by atoms with Crippen molar-refractivity contribution in [2.24, 2.45) is 5.92 Å². The third-order valence-corrected chi connectivity index (χ3v) is 4.23. The minimum absolute atomic E-state index is 0.0474. The van der Waals surface area contributed by atoms with Gasteiger partial charge in [0.2, 0.25) is 11.8 Å². The molecule has 2 amide bonds. The van der Waals surface area contributed by atoms with E-state index in [1.165, 1.54) is 11.8 Å². The van der Waals surface area contributed by atoms with E-state index in [2.05, 4.69) is 20.6 Å². The van der Waals surface area contributed by atoms with Crippen LogP contribution in [0.1, 0.15) is 20.3 Å². The number of carbonyl (C=O) groups excluding carboxylic acids is 2. The van der Waals surface area contributed by atoms with Crippen LogP contribution >= 0.6 is 11.8 Å². The molecule has 24 heavy (non-hydrogen) atoms. The fourth-order valence-corrected chi connectivity index (χ4v) is 2.56. The van der Waals surface area contributed by atoms with Crippen molar-refractivity contribution < 1.29 is 9.59 Å². The second-order valence-corrected chi connectivity index (χ2v) is 6.27. The van der Waals surface area contributed by atoms with Gasteiger partial charge in [0.1, 0.15) is 10.1 Å². The molecule has 2 rings (SSSR count). The monoisotopic (exact) mass is 344 g/mol. The van der Waals surface area contributed by atoms with E-state index >= 15 is 0 Å². The molecule has 0 bridgehead atoms. The van der Waals surface area contributed by atoms with Gasteiger partial charge in [0.25, 0.3) is 0 Å². The Kier molecular flexibility index (Phi) is 6.74. The number of amides is 2. The molecule has 0 aliphatic carbocycles. The van der Waals surface area contributed by atoms with Crippen LogP contribution in [0.15, 0.2) is 52.8 Å². The van der Waals surface area contributed by atoms with Crippen LogP contribution in [0.25, 0.3) is 0 Å². The zero-order valence-corrected chi connectivity index (χ0v) is 14.5. The molecule has 0 aliphatic rings. The lowest BCUT2D eigenvalue weighted by Gasteiger charge is -2.10. The maximum Gasteiger partial charge on any atom is 0.243 e. The fourth-order valence-electron chi connectivity index (χ4n) is 1.79. The molecule has 0 spiro atoms. The Morgan fingerprint density at radius 1 is 1.17 bits per heavy atom. The van der Waals surface area contributed by atoms with Crippen molar-refractivity contribution in [2.45, 2.75) is 30.3 Å². The van der Waals surface area contributed by atoms with E-state index in [0.717, 1.165) is 16.5 Å². The SMILES string of the molecule is CC[C@@H](C)C(=O)NCC(=O)Nc1ccnc(Sc2ccccn2)c1. The highest BCUT2D eigenvalue weighted by atomic mass is 32.2. The van der Waals surface area contributed by atoms with Gasteiger partial charge in [-0.1, -0.05) is 31.7 Å².